The molecule has 2 aromatic rings. The van der Waals surface area contributed by atoms with Crippen LogP contribution in [0, 0.1) is 17.8 Å². The Morgan fingerprint density at radius 3 is 2.42 bits per heavy atom. The molecule has 0 spiro atoms. The third-order valence-electron chi connectivity index (χ3n) is 6.68. The number of fused-ring (bicyclic) bond motifs is 1. The molecule has 0 aromatic carbocycles. The molecule has 15 heteroatoms. The number of amides is 3. The summed E-state index contributed by atoms with van der Waals surface area (Å²) in [5, 5.41) is 6.75. The smallest absolute Gasteiger partial charge is 0.358 e. The molecule has 1 fully saturated rings. The summed E-state index contributed by atoms with van der Waals surface area (Å²) in [4.78, 5) is 75.0. The highest BCUT2D eigenvalue weighted by molar-refractivity contribution is 8.00. The van der Waals surface area contributed by atoms with Gasteiger partial charge in [-0.1, -0.05) is 33.4 Å². The highest BCUT2D eigenvalue weighted by atomic mass is 32.2. The van der Waals surface area contributed by atoms with Crippen molar-refractivity contribution in [3.05, 3.63) is 51.1 Å². The van der Waals surface area contributed by atoms with Gasteiger partial charge in [0.2, 0.25) is 12.7 Å². The van der Waals surface area contributed by atoms with Crippen molar-refractivity contribution in [2.24, 2.45) is 10.8 Å². The maximum atomic E-state index is 13.4. The molecule has 0 aliphatic carbocycles. The third kappa shape index (κ3) is 7.71. The van der Waals surface area contributed by atoms with E-state index in [2.05, 4.69) is 27.2 Å². The number of carbonyl (C=O) groups is 5. The molecule has 3 amide bonds. The monoisotopic (exact) mass is 673 g/mol. The predicted molar refractivity (Wildman–Crippen MR) is 174 cm³/mol. The quantitative estimate of drug-likeness (QED) is 0.170. The largest absolute Gasteiger partial charge is 0.427 e. The van der Waals surface area contributed by atoms with E-state index in [0.717, 1.165) is 21.9 Å². The number of hydrogen-bond acceptors (Lipinski definition) is 12. The van der Waals surface area contributed by atoms with Gasteiger partial charge >= 0.3 is 11.9 Å². The van der Waals surface area contributed by atoms with E-state index in [4.69, 9.17) is 9.47 Å². The molecule has 4 rings (SSSR count). The van der Waals surface area contributed by atoms with Crippen molar-refractivity contribution in [3.63, 3.8) is 0 Å². The second kappa shape index (κ2) is 13.3. The van der Waals surface area contributed by atoms with Crippen molar-refractivity contribution < 1.29 is 33.4 Å². The molecule has 2 atom stereocenters. The Labute approximate surface area is 273 Å². The number of ether oxygens (including phenoxy) is 2. The highest BCUT2D eigenvalue weighted by Crippen LogP contribution is 2.41. The third-order valence-corrected chi connectivity index (χ3v) is 9.63. The molecule has 2 aliphatic rings. The van der Waals surface area contributed by atoms with E-state index in [9.17, 15) is 24.0 Å². The van der Waals surface area contributed by atoms with Crippen LogP contribution >= 0.6 is 34.4 Å². The van der Waals surface area contributed by atoms with Crippen LogP contribution in [0.5, 0.6) is 0 Å². The van der Waals surface area contributed by atoms with E-state index in [1.165, 1.54) is 28.0 Å². The normalized spacial score (nSPS) is 18.3. The minimum Gasteiger partial charge on any atom is -0.427 e. The summed E-state index contributed by atoms with van der Waals surface area (Å²) in [5.41, 5.74) is 1.95. The number of aromatic nitrogens is 2. The first-order valence-corrected chi connectivity index (χ1v) is 16.7. The molecule has 1 saturated heterocycles. The lowest BCUT2D eigenvalue weighted by Crippen LogP contribution is -2.70. The Hall–Kier alpha value is -3.82. The van der Waals surface area contributed by atoms with Gasteiger partial charge in [-0.2, -0.15) is 0 Å². The van der Waals surface area contributed by atoms with Gasteiger partial charge in [-0.3, -0.25) is 24.1 Å². The van der Waals surface area contributed by atoms with E-state index in [1.807, 2.05) is 13.0 Å². The van der Waals surface area contributed by atoms with Gasteiger partial charge in [0.25, 0.3) is 11.8 Å². The fraction of sp³-hybridized carbons (Fsp3) is 0.433. The summed E-state index contributed by atoms with van der Waals surface area (Å²) in [6.45, 7) is 15.4. The van der Waals surface area contributed by atoms with E-state index in [-0.39, 0.29) is 22.9 Å². The second-order valence-corrected chi connectivity index (χ2v) is 15.2. The molecule has 12 nitrogen and oxygen atoms in total. The number of nitrogens with zero attached hydrogens (tertiary/aromatic N) is 3. The predicted octanol–water partition coefficient (Wildman–Crippen LogP) is 4.36. The number of aryl methyl sites for hydroxylation is 1. The number of anilines is 1. The van der Waals surface area contributed by atoms with E-state index >= 15 is 0 Å². The van der Waals surface area contributed by atoms with Gasteiger partial charge in [0.05, 0.1) is 27.9 Å². The minimum atomic E-state index is -0.936. The van der Waals surface area contributed by atoms with Crippen LogP contribution in [0.1, 0.15) is 57.8 Å². The van der Waals surface area contributed by atoms with Gasteiger partial charge in [0, 0.05) is 21.4 Å². The molecule has 240 valence electrons. The zero-order valence-corrected chi connectivity index (χ0v) is 28.5. The van der Waals surface area contributed by atoms with E-state index < -0.39 is 52.8 Å². The highest BCUT2D eigenvalue weighted by Gasteiger charge is 2.54. The van der Waals surface area contributed by atoms with Crippen LogP contribution in [-0.2, 0) is 33.4 Å². The maximum absolute atomic E-state index is 13.4. The Balaban J connectivity index is 1.48. The Bertz CT molecular complexity index is 1610. The molecule has 45 heavy (non-hydrogen) atoms. The number of esters is 2. The Morgan fingerprint density at radius 1 is 1.09 bits per heavy atom. The lowest BCUT2D eigenvalue weighted by Gasteiger charge is -2.49. The summed E-state index contributed by atoms with van der Waals surface area (Å²) in [5.74, 6) is -2.39. The molecule has 2 aromatic heterocycles. The fourth-order valence-electron chi connectivity index (χ4n) is 3.93. The molecule has 0 saturated carbocycles. The number of allylic oxidation sites excluding steroid dienone is 1. The van der Waals surface area contributed by atoms with E-state index in [0.29, 0.717) is 16.5 Å². The number of rotatable bonds is 9. The average molecular weight is 674 g/mol. The molecule has 2 aliphatic heterocycles. The first-order chi connectivity index (χ1) is 21.0. The number of carbonyl (C=O) groups excluding carboxylic acids is 5. The standard InChI is InChI=1S/C30H35N5O7S3/c1-15(18-12-44-28(32-18)34-26(39)29(3,4)5)22(36)33-20-23(37)35-21(25(38)41-14-42-27(40)30(6,7)8)17(11-43-24(20)35)9-10-19-16(2)31-13-45-19/h9-10,12-13,20,24H,1,11,14H2,2-8H3,(H,33,36)(H,32,34,39)/b10-9-/t20-,24-/m1/s1. The first-order valence-electron chi connectivity index (χ1n) is 13.9. The van der Waals surface area contributed by atoms with Crippen LogP contribution in [-0.4, -0.2) is 68.5 Å². The fourth-order valence-corrected chi connectivity index (χ4v) is 6.66. The molecule has 0 radical (unpaired) electrons. The average Bonchev–Trinajstić information content (AvgIpc) is 3.60. The summed E-state index contributed by atoms with van der Waals surface area (Å²) >= 11 is 3.96. The maximum Gasteiger partial charge on any atom is 0.358 e. The molecule has 4 heterocycles. The minimum absolute atomic E-state index is 0.0111. The van der Waals surface area contributed by atoms with Crippen molar-refractivity contribution in [1.29, 1.82) is 0 Å². The van der Waals surface area contributed by atoms with Crippen molar-refractivity contribution in [2.75, 3.05) is 17.9 Å². The number of thioether (sulfide) groups is 1. The summed E-state index contributed by atoms with van der Waals surface area (Å²) in [7, 11) is 0. The van der Waals surface area contributed by atoms with Crippen LogP contribution in [0.15, 0.2) is 34.8 Å². The second-order valence-electron chi connectivity index (χ2n) is 12.3. The first kappa shape index (κ1) is 34.1. The summed E-state index contributed by atoms with van der Waals surface area (Å²) < 4.78 is 10.4. The van der Waals surface area contributed by atoms with Gasteiger partial charge in [-0.15, -0.1) is 34.4 Å². The van der Waals surface area contributed by atoms with Gasteiger partial charge in [-0.05, 0) is 39.3 Å². The van der Waals surface area contributed by atoms with Crippen LogP contribution in [0.3, 0.4) is 0 Å². The lowest BCUT2D eigenvalue weighted by atomic mass is 9.96. The molecule has 0 unspecified atom stereocenters. The SMILES string of the molecule is C=C(C(=O)N[C@@H]1C(=O)N2C(C(=O)OCOC(=O)C(C)(C)C)=C(/C=C\c3scnc3C)CS[C@H]12)c1csc(NC(=O)C(C)(C)C)n1. The van der Waals surface area contributed by atoms with Crippen LogP contribution in [0.25, 0.3) is 11.6 Å². The molecular weight excluding hydrogens is 639 g/mol. The number of β-lactam (4-membered cyclic amide) rings is 1. The molecule has 2 N–H and O–H groups in total. The van der Waals surface area contributed by atoms with Crippen molar-refractivity contribution >= 4 is 80.9 Å². The summed E-state index contributed by atoms with van der Waals surface area (Å²) in [6.07, 6.45) is 3.55. The van der Waals surface area contributed by atoms with Gasteiger partial charge in [0.15, 0.2) is 5.13 Å². The Kier molecular flexibility index (Phi) is 10.0. The zero-order valence-electron chi connectivity index (χ0n) is 26.0. The Morgan fingerprint density at radius 2 is 1.80 bits per heavy atom. The molecule has 0 bridgehead atoms. The van der Waals surface area contributed by atoms with Crippen LogP contribution in [0.4, 0.5) is 5.13 Å². The number of nitrogens with one attached hydrogen (secondary N) is 2. The van der Waals surface area contributed by atoms with Crippen LogP contribution < -0.4 is 10.6 Å². The van der Waals surface area contributed by atoms with Crippen molar-refractivity contribution in [2.45, 2.75) is 59.9 Å². The zero-order chi connectivity index (χ0) is 33.3. The van der Waals surface area contributed by atoms with Gasteiger partial charge in [-0.25, -0.2) is 14.8 Å². The van der Waals surface area contributed by atoms with Crippen molar-refractivity contribution in [3.8, 4) is 0 Å². The van der Waals surface area contributed by atoms with Crippen molar-refractivity contribution in [1.82, 2.24) is 20.2 Å². The van der Waals surface area contributed by atoms with E-state index in [1.54, 1.807) is 58.5 Å². The summed E-state index contributed by atoms with van der Waals surface area (Å²) in [6, 6.07) is -0.936. The van der Waals surface area contributed by atoms with Gasteiger partial charge in [0.1, 0.15) is 17.1 Å². The molecular formula is C30H35N5O7S3. The lowest BCUT2D eigenvalue weighted by molar-refractivity contribution is -0.173. The van der Waals surface area contributed by atoms with Crippen LogP contribution in [0.2, 0.25) is 0 Å². The topological polar surface area (TPSA) is 157 Å². The van der Waals surface area contributed by atoms with Gasteiger partial charge < -0.3 is 20.1 Å². The number of thiazole rings is 2. The number of hydrogen-bond donors (Lipinski definition) is 2.